The summed E-state index contributed by atoms with van der Waals surface area (Å²) in [6, 6.07) is 12.1. The Kier molecular flexibility index (Phi) is 4.76. The number of anilines is 1. The number of carbonyl (C=O) groups is 2. The number of aromatic nitrogens is 3. The summed E-state index contributed by atoms with van der Waals surface area (Å²) in [5.74, 6) is -0.389. The molecular formula is C21H20N6O2S. The van der Waals surface area contributed by atoms with Crippen LogP contribution in [0.5, 0.6) is 0 Å². The molecule has 1 aromatic carbocycles. The predicted octanol–water partition coefficient (Wildman–Crippen LogP) is 2.50. The lowest BCUT2D eigenvalue weighted by Crippen LogP contribution is -2.44. The van der Waals surface area contributed by atoms with Crippen molar-refractivity contribution in [3.05, 3.63) is 53.3 Å². The number of pyridine rings is 1. The number of nitrogens with one attached hydrogen (secondary N) is 1. The molecule has 0 unspecified atom stereocenters. The third-order valence-corrected chi connectivity index (χ3v) is 6.14. The first kappa shape index (κ1) is 18.8. The van der Waals surface area contributed by atoms with E-state index in [9.17, 15) is 9.59 Å². The van der Waals surface area contributed by atoms with Gasteiger partial charge in [0.25, 0.3) is 11.1 Å². The second-order valence-electron chi connectivity index (χ2n) is 7.35. The molecule has 2 fully saturated rings. The molecule has 0 spiro atoms. The molecule has 0 radical (unpaired) electrons. The van der Waals surface area contributed by atoms with Gasteiger partial charge >= 0.3 is 0 Å². The Morgan fingerprint density at radius 3 is 2.43 bits per heavy atom. The number of imidazole rings is 1. The average molecular weight is 420 g/mol. The van der Waals surface area contributed by atoms with Crippen molar-refractivity contribution in [1.82, 2.24) is 24.8 Å². The van der Waals surface area contributed by atoms with E-state index in [1.54, 1.807) is 18.5 Å². The van der Waals surface area contributed by atoms with Gasteiger partial charge in [0.2, 0.25) is 0 Å². The molecule has 2 aromatic heterocycles. The van der Waals surface area contributed by atoms with Gasteiger partial charge < -0.3 is 9.80 Å². The largest absolute Gasteiger partial charge is 0.369 e. The summed E-state index contributed by atoms with van der Waals surface area (Å²) in [5.41, 5.74) is 4.25. The fraction of sp³-hybridized carbons (Fsp3) is 0.238. The Hall–Kier alpha value is -3.17. The summed E-state index contributed by atoms with van der Waals surface area (Å²) in [5, 5.41) is 1.89. The number of thioether (sulfide) groups is 1. The molecule has 8 nitrogen and oxygen atoms in total. The lowest BCUT2D eigenvalue weighted by atomic mass is 10.2. The minimum absolute atomic E-state index is 0.342. The first-order chi connectivity index (χ1) is 14.6. The van der Waals surface area contributed by atoms with Gasteiger partial charge in [0, 0.05) is 37.6 Å². The van der Waals surface area contributed by atoms with E-state index >= 15 is 0 Å². The van der Waals surface area contributed by atoms with Crippen molar-refractivity contribution in [2.75, 3.05) is 38.1 Å². The van der Waals surface area contributed by atoms with Gasteiger partial charge in [-0.05, 0) is 61.3 Å². The van der Waals surface area contributed by atoms with Crippen LogP contribution in [0, 0.1) is 0 Å². The molecule has 9 heteroatoms. The molecule has 2 amide bonds. The van der Waals surface area contributed by atoms with Gasteiger partial charge in [-0.3, -0.25) is 19.5 Å². The average Bonchev–Trinajstić information content (AvgIpc) is 3.31. The number of benzene rings is 1. The zero-order valence-electron chi connectivity index (χ0n) is 16.4. The van der Waals surface area contributed by atoms with Gasteiger partial charge in [-0.25, -0.2) is 9.97 Å². The summed E-state index contributed by atoms with van der Waals surface area (Å²) < 4.78 is 1.93. The van der Waals surface area contributed by atoms with Crippen LogP contribution in [0.3, 0.4) is 0 Å². The van der Waals surface area contributed by atoms with Crippen molar-refractivity contribution in [2.45, 2.75) is 0 Å². The van der Waals surface area contributed by atoms with Gasteiger partial charge in [0.15, 0.2) is 5.65 Å². The Morgan fingerprint density at radius 2 is 1.73 bits per heavy atom. The van der Waals surface area contributed by atoms with E-state index in [0.717, 1.165) is 49.1 Å². The number of rotatable bonds is 3. The third kappa shape index (κ3) is 3.57. The van der Waals surface area contributed by atoms with Crippen LogP contribution in [0.15, 0.2) is 47.6 Å². The summed E-state index contributed by atoms with van der Waals surface area (Å²) in [4.78, 5) is 37.3. The molecule has 2 saturated heterocycles. The van der Waals surface area contributed by atoms with Crippen molar-refractivity contribution in [3.8, 4) is 5.69 Å². The summed E-state index contributed by atoms with van der Waals surface area (Å²) in [7, 11) is 2.15. The fourth-order valence-electron chi connectivity index (χ4n) is 3.62. The number of imide groups is 1. The first-order valence-corrected chi connectivity index (χ1v) is 10.5. The Bertz CT molecular complexity index is 1160. The lowest BCUT2D eigenvalue weighted by Gasteiger charge is -2.34. The van der Waals surface area contributed by atoms with Crippen LogP contribution < -0.4 is 10.2 Å². The van der Waals surface area contributed by atoms with Crippen LogP contribution in [-0.4, -0.2) is 63.8 Å². The first-order valence-electron chi connectivity index (χ1n) is 9.70. The minimum Gasteiger partial charge on any atom is -0.369 e. The fourth-order valence-corrected chi connectivity index (χ4v) is 4.29. The highest BCUT2D eigenvalue weighted by Crippen LogP contribution is 2.26. The molecule has 3 aromatic rings. The van der Waals surface area contributed by atoms with Crippen molar-refractivity contribution >= 4 is 45.8 Å². The molecular weight excluding hydrogens is 400 g/mol. The maximum atomic E-state index is 11.8. The highest BCUT2D eigenvalue weighted by atomic mass is 32.2. The number of nitrogens with zero attached hydrogens (tertiary/aromatic N) is 5. The maximum Gasteiger partial charge on any atom is 0.290 e. The zero-order valence-corrected chi connectivity index (χ0v) is 17.2. The molecule has 1 N–H and O–H groups in total. The molecule has 30 heavy (non-hydrogen) atoms. The van der Waals surface area contributed by atoms with Crippen molar-refractivity contribution in [2.24, 2.45) is 0 Å². The standard InChI is InChI=1S/C21H20N6O2S/c1-25-8-10-26(11-9-25)15-3-5-16(6-4-15)27-13-22-17-7-2-14(23-19(17)27)12-18-20(28)24-21(29)30-18/h2-7,12-13H,8-11H2,1H3,(H,24,28,29)/b18-12-. The molecule has 0 bridgehead atoms. The third-order valence-electron chi connectivity index (χ3n) is 5.33. The molecule has 0 aliphatic carbocycles. The van der Waals surface area contributed by atoms with Gasteiger partial charge in [-0.15, -0.1) is 0 Å². The molecule has 0 saturated carbocycles. The van der Waals surface area contributed by atoms with Crippen LogP contribution in [-0.2, 0) is 4.79 Å². The number of likely N-dealkylation sites (N-methyl/N-ethyl adjacent to an activating group) is 1. The normalized spacial score (nSPS) is 19.1. The summed E-state index contributed by atoms with van der Waals surface area (Å²) in [6.45, 7) is 4.19. The zero-order chi connectivity index (χ0) is 20.7. The highest BCUT2D eigenvalue weighted by molar-refractivity contribution is 8.18. The van der Waals surface area contributed by atoms with Gasteiger partial charge in [0.05, 0.1) is 10.6 Å². The van der Waals surface area contributed by atoms with Crippen molar-refractivity contribution in [3.63, 3.8) is 0 Å². The monoisotopic (exact) mass is 420 g/mol. The number of piperazine rings is 1. The van der Waals surface area contributed by atoms with E-state index < -0.39 is 0 Å². The number of carbonyl (C=O) groups excluding carboxylic acids is 2. The van der Waals surface area contributed by atoms with Crippen LogP contribution in [0.4, 0.5) is 10.5 Å². The van der Waals surface area contributed by atoms with E-state index in [1.165, 1.54) is 5.69 Å². The van der Waals surface area contributed by atoms with E-state index in [0.29, 0.717) is 16.2 Å². The van der Waals surface area contributed by atoms with Gasteiger partial charge in [-0.1, -0.05) is 0 Å². The molecule has 2 aliphatic rings. The van der Waals surface area contributed by atoms with Crippen LogP contribution in [0.25, 0.3) is 22.9 Å². The van der Waals surface area contributed by atoms with Gasteiger partial charge in [0.1, 0.15) is 11.8 Å². The van der Waals surface area contributed by atoms with E-state index in [2.05, 4.69) is 56.4 Å². The van der Waals surface area contributed by atoms with E-state index in [4.69, 9.17) is 0 Å². The summed E-state index contributed by atoms with van der Waals surface area (Å²) >= 11 is 0.883. The molecule has 0 atom stereocenters. The molecule has 2 aliphatic heterocycles. The lowest BCUT2D eigenvalue weighted by molar-refractivity contribution is -0.115. The van der Waals surface area contributed by atoms with Crippen LogP contribution in [0.1, 0.15) is 5.69 Å². The maximum absolute atomic E-state index is 11.8. The predicted molar refractivity (Wildman–Crippen MR) is 118 cm³/mol. The highest BCUT2D eigenvalue weighted by Gasteiger charge is 2.25. The number of fused-ring (bicyclic) bond motifs is 1. The van der Waals surface area contributed by atoms with Crippen LogP contribution in [0.2, 0.25) is 0 Å². The number of amides is 2. The van der Waals surface area contributed by atoms with Gasteiger partial charge in [-0.2, -0.15) is 0 Å². The Balaban J connectivity index is 1.44. The minimum atomic E-state index is -0.389. The quantitative estimate of drug-likeness (QED) is 0.652. The molecule has 152 valence electrons. The Labute approximate surface area is 177 Å². The second kappa shape index (κ2) is 7.58. The van der Waals surface area contributed by atoms with Crippen molar-refractivity contribution < 1.29 is 9.59 Å². The SMILES string of the molecule is CN1CCN(c2ccc(-n3cnc4ccc(/C=C5\SC(=O)NC5=O)nc43)cc2)CC1. The number of hydrogen-bond donors (Lipinski definition) is 1. The molecule has 4 heterocycles. The van der Waals surface area contributed by atoms with Crippen LogP contribution >= 0.6 is 11.8 Å². The van der Waals surface area contributed by atoms with Crippen molar-refractivity contribution in [1.29, 1.82) is 0 Å². The topological polar surface area (TPSA) is 83.4 Å². The second-order valence-corrected chi connectivity index (χ2v) is 8.37. The summed E-state index contributed by atoms with van der Waals surface area (Å²) in [6.07, 6.45) is 3.37. The van der Waals surface area contributed by atoms with E-state index in [1.807, 2.05) is 10.6 Å². The molecule has 5 rings (SSSR count). The van der Waals surface area contributed by atoms with E-state index in [-0.39, 0.29) is 11.1 Å². The Morgan fingerprint density at radius 1 is 1.00 bits per heavy atom. The number of hydrogen-bond acceptors (Lipinski definition) is 7. The smallest absolute Gasteiger partial charge is 0.290 e.